The van der Waals surface area contributed by atoms with Crippen molar-refractivity contribution in [2.24, 2.45) is 11.1 Å². The predicted molar refractivity (Wildman–Crippen MR) is 77.0 cm³/mol. The van der Waals surface area contributed by atoms with E-state index < -0.39 is 17.7 Å². The number of aldehydes is 1. The monoisotopic (exact) mass is 293 g/mol. The molecule has 21 heavy (non-hydrogen) atoms. The summed E-state index contributed by atoms with van der Waals surface area (Å²) in [4.78, 5) is 33.2. The molecule has 0 fully saturated rings. The van der Waals surface area contributed by atoms with Crippen LogP contribution in [0, 0.1) is 10.8 Å². The molecule has 0 aromatic heterocycles. The molecule has 0 amide bonds. The highest BCUT2D eigenvalue weighted by Crippen LogP contribution is 2.18. The van der Waals surface area contributed by atoms with Crippen molar-refractivity contribution >= 4 is 17.9 Å². The summed E-state index contributed by atoms with van der Waals surface area (Å²) < 4.78 is 10.1. The van der Waals surface area contributed by atoms with Crippen LogP contribution in [0.25, 0.3) is 0 Å². The number of carbonyl (C=O) groups is 2. The van der Waals surface area contributed by atoms with E-state index in [0.29, 0.717) is 24.8 Å². The summed E-state index contributed by atoms with van der Waals surface area (Å²) in [6.07, 6.45) is 1.43. The molecule has 1 aromatic rings. The molecule has 0 aliphatic heterocycles. The molecule has 1 rings (SSSR count). The highest BCUT2D eigenvalue weighted by molar-refractivity contribution is 5.87. The summed E-state index contributed by atoms with van der Waals surface area (Å²) in [5, 5.41) is 2.81. The molecule has 0 bridgehead atoms. The minimum atomic E-state index is -1.06. The second-order valence-electron chi connectivity index (χ2n) is 5.06. The molecule has 0 N–H and O–H groups in total. The molecule has 1 atom stereocenters. The molecule has 6 heteroatoms. The maximum absolute atomic E-state index is 11.9. The van der Waals surface area contributed by atoms with Gasteiger partial charge in [-0.3, -0.25) is 4.79 Å². The number of esters is 1. The van der Waals surface area contributed by atoms with Crippen LogP contribution in [0.4, 0.5) is 5.69 Å². The van der Waals surface area contributed by atoms with Gasteiger partial charge in [0.2, 0.25) is 5.79 Å². The van der Waals surface area contributed by atoms with Gasteiger partial charge in [-0.25, -0.2) is 0 Å². The zero-order valence-electron chi connectivity index (χ0n) is 12.4. The fourth-order valence-electron chi connectivity index (χ4n) is 1.65. The van der Waals surface area contributed by atoms with Gasteiger partial charge in [0.15, 0.2) is 0 Å². The molecule has 0 heterocycles. The molecule has 0 saturated heterocycles. The topological polar surface area (TPSA) is 82.0 Å². The third kappa shape index (κ3) is 5.43. The normalized spacial score (nSPS) is 12.5. The Hall–Kier alpha value is -2.08. The predicted octanol–water partition coefficient (Wildman–Crippen LogP) is 2.76. The van der Waals surface area contributed by atoms with Crippen LogP contribution in [0.3, 0.4) is 0 Å². The Bertz CT molecular complexity index is 495. The summed E-state index contributed by atoms with van der Waals surface area (Å²) in [6.45, 7) is 3.19. The lowest BCUT2D eigenvalue weighted by Gasteiger charge is -2.24. The minimum absolute atomic E-state index is 0.329. The number of carbonyl (C=O) groups excluding carboxylic acids is 2. The molecule has 114 valence electrons. The highest BCUT2D eigenvalue weighted by Gasteiger charge is 2.27. The average molecular weight is 293 g/mol. The van der Waals surface area contributed by atoms with Gasteiger partial charge in [0.05, 0.1) is 0 Å². The molecule has 1 unspecified atom stereocenters. The van der Waals surface area contributed by atoms with Crippen molar-refractivity contribution in [3.8, 4) is 0 Å². The maximum atomic E-state index is 11.9. The molecule has 0 aliphatic carbocycles. The first-order valence-electron chi connectivity index (χ1n) is 6.57. The Kier molecular flexibility index (Phi) is 6.17. The van der Waals surface area contributed by atoms with Crippen molar-refractivity contribution in [1.29, 1.82) is 0 Å². The van der Waals surface area contributed by atoms with Crippen molar-refractivity contribution in [1.82, 2.24) is 0 Å². The Labute approximate surface area is 123 Å². The number of hydrogen-bond acceptors (Lipinski definition) is 6. The van der Waals surface area contributed by atoms with Gasteiger partial charge >= 0.3 is 5.97 Å². The first kappa shape index (κ1) is 17.0. The van der Waals surface area contributed by atoms with E-state index in [4.69, 9.17) is 9.47 Å². The van der Waals surface area contributed by atoms with E-state index in [1.807, 2.05) is 0 Å². The third-order valence-electron chi connectivity index (χ3n) is 3.09. The van der Waals surface area contributed by atoms with E-state index in [0.717, 1.165) is 5.56 Å². The number of methoxy groups -OCH3 is 1. The van der Waals surface area contributed by atoms with Crippen LogP contribution in [0.2, 0.25) is 0 Å². The molecule has 0 saturated carbocycles. The lowest BCUT2D eigenvalue weighted by Crippen LogP contribution is -2.33. The Morgan fingerprint density at radius 3 is 2.43 bits per heavy atom. The number of nitrogens with zero attached hydrogens (tertiary/aromatic N) is 1. The van der Waals surface area contributed by atoms with Crippen molar-refractivity contribution < 1.29 is 19.1 Å². The molecule has 0 spiro atoms. The van der Waals surface area contributed by atoms with Gasteiger partial charge in [0, 0.05) is 21.0 Å². The van der Waals surface area contributed by atoms with Crippen LogP contribution >= 0.6 is 0 Å². The fourth-order valence-corrected chi connectivity index (χ4v) is 1.65. The minimum Gasteiger partial charge on any atom is -0.433 e. The second-order valence-corrected chi connectivity index (χ2v) is 5.06. The van der Waals surface area contributed by atoms with E-state index in [1.165, 1.54) is 7.11 Å². The number of aryl methyl sites for hydroxylation is 1. The van der Waals surface area contributed by atoms with Crippen molar-refractivity contribution in [2.45, 2.75) is 32.5 Å². The summed E-state index contributed by atoms with van der Waals surface area (Å²) in [6, 6.07) is 6.65. The van der Waals surface area contributed by atoms with Crippen molar-refractivity contribution in [2.75, 3.05) is 7.11 Å². The SMILES string of the molecule is COC(C)(C)OC(=O)C(C=O)CCc1ccc(N=O)cc1. The molecular weight excluding hydrogens is 274 g/mol. The van der Waals surface area contributed by atoms with Crippen LogP contribution in [0.15, 0.2) is 29.4 Å². The first-order chi connectivity index (χ1) is 9.91. The van der Waals surface area contributed by atoms with Crippen LogP contribution < -0.4 is 0 Å². The second kappa shape index (κ2) is 7.64. The van der Waals surface area contributed by atoms with Crippen LogP contribution in [0.1, 0.15) is 25.8 Å². The number of ether oxygens (including phenoxy) is 2. The lowest BCUT2D eigenvalue weighted by atomic mass is 10.0. The molecule has 0 aliphatic rings. The van der Waals surface area contributed by atoms with E-state index >= 15 is 0 Å². The number of hydrogen-bond donors (Lipinski definition) is 0. The van der Waals surface area contributed by atoms with Crippen molar-refractivity contribution in [3.05, 3.63) is 34.7 Å². The Morgan fingerprint density at radius 2 is 1.95 bits per heavy atom. The van der Waals surface area contributed by atoms with E-state index in [1.54, 1.807) is 38.1 Å². The van der Waals surface area contributed by atoms with Gasteiger partial charge in [-0.05, 0) is 35.7 Å². The highest BCUT2D eigenvalue weighted by atomic mass is 16.7. The summed E-state index contributed by atoms with van der Waals surface area (Å²) in [5.41, 5.74) is 1.25. The maximum Gasteiger partial charge on any atom is 0.318 e. The molecule has 6 nitrogen and oxygen atoms in total. The zero-order chi connectivity index (χ0) is 15.9. The van der Waals surface area contributed by atoms with E-state index in [9.17, 15) is 14.5 Å². The van der Waals surface area contributed by atoms with Gasteiger partial charge in [0.1, 0.15) is 17.9 Å². The summed E-state index contributed by atoms with van der Waals surface area (Å²) >= 11 is 0. The van der Waals surface area contributed by atoms with Crippen LogP contribution in [0.5, 0.6) is 0 Å². The third-order valence-corrected chi connectivity index (χ3v) is 3.09. The molecule has 0 radical (unpaired) electrons. The first-order valence-corrected chi connectivity index (χ1v) is 6.57. The number of nitroso groups, excluding NO2 is 1. The number of rotatable bonds is 8. The van der Waals surface area contributed by atoms with Crippen molar-refractivity contribution in [3.63, 3.8) is 0 Å². The number of benzene rings is 1. The van der Waals surface area contributed by atoms with Crippen LogP contribution in [-0.4, -0.2) is 25.2 Å². The Balaban J connectivity index is 2.59. The van der Waals surface area contributed by atoms with Gasteiger partial charge in [-0.1, -0.05) is 12.1 Å². The van der Waals surface area contributed by atoms with Gasteiger partial charge in [-0.2, -0.15) is 0 Å². The van der Waals surface area contributed by atoms with Crippen LogP contribution in [-0.2, 0) is 25.5 Å². The summed E-state index contributed by atoms with van der Waals surface area (Å²) in [7, 11) is 1.42. The quantitative estimate of drug-likeness (QED) is 0.242. The fraction of sp³-hybridized carbons (Fsp3) is 0.467. The van der Waals surface area contributed by atoms with Gasteiger partial charge < -0.3 is 14.3 Å². The molecule has 1 aromatic carbocycles. The Morgan fingerprint density at radius 1 is 1.33 bits per heavy atom. The largest absolute Gasteiger partial charge is 0.433 e. The van der Waals surface area contributed by atoms with Gasteiger partial charge in [-0.15, -0.1) is 4.91 Å². The van der Waals surface area contributed by atoms with Gasteiger partial charge in [0.25, 0.3) is 0 Å². The summed E-state index contributed by atoms with van der Waals surface area (Å²) in [5.74, 6) is -2.51. The molecular formula is C15H19NO5. The zero-order valence-corrected chi connectivity index (χ0v) is 12.4. The standard InChI is InChI=1S/C15H19NO5/c1-15(2,20-3)21-14(18)12(10-17)7-4-11-5-8-13(16-19)9-6-11/h5-6,8-10,12H,4,7H2,1-3H3. The average Bonchev–Trinajstić information content (AvgIpc) is 2.48. The smallest absolute Gasteiger partial charge is 0.318 e. The van der Waals surface area contributed by atoms with E-state index in [2.05, 4.69) is 5.18 Å². The van der Waals surface area contributed by atoms with E-state index in [-0.39, 0.29) is 0 Å². The lowest BCUT2D eigenvalue weighted by molar-refractivity contribution is -0.209.